The molecule has 0 saturated carbocycles. The Balaban J connectivity index is 2.61. The van der Waals surface area contributed by atoms with E-state index in [4.69, 9.17) is 5.11 Å². The second-order valence-electron chi connectivity index (χ2n) is 4.90. The third kappa shape index (κ3) is 3.21. The molecule has 2 N–H and O–H groups in total. The molecule has 1 aliphatic heterocycles. The number of likely N-dealkylation sites (tertiary alicyclic amines) is 1. The maximum atomic E-state index is 11.9. The van der Waals surface area contributed by atoms with Crippen LogP contribution in [0.1, 0.15) is 27.2 Å². The molecule has 1 rings (SSSR count). The molecule has 0 aromatic heterocycles. The minimum atomic E-state index is -1.05. The van der Waals surface area contributed by atoms with E-state index in [1.54, 1.807) is 18.7 Å². The molecule has 0 radical (unpaired) electrons. The molecule has 1 saturated heterocycles. The van der Waals surface area contributed by atoms with Gasteiger partial charge in [-0.25, -0.2) is 4.79 Å². The minimum absolute atomic E-state index is 0.0472. The van der Waals surface area contributed by atoms with Crippen molar-refractivity contribution in [2.24, 2.45) is 11.8 Å². The molecule has 2 amide bonds. The first-order valence-electron chi connectivity index (χ1n) is 6.17. The van der Waals surface area contributed by atoms with E-state index in [0.29, 0.717) is 13.1 Å². The first-order chi connectivity index (χ1) is 8.36. The molecule has 1 unspecified atom stereocenters. The third-order valence-corrected chi connectivity index (χ3v) is 3.20. The number of nitrogens with zero attached hydrogens (tertiary/aromatic N) is 1. The van der Waals surface area contributed by atoms with E-state index in [9.17, 15) is 14.4 Å². The highest BCUT2D eigenvalue weighted by atomic mass is 16.4. The third-order valence-electron chi connectivity index (χ3n) is 3.20. The highest BCUT2D eigenvalue weighted by Gasteiger charge is 2.35. The lowest BCUT2D eigenvalue weighted by Gasteiger charge is -2.20. The van der Waals surface area contributed by atoms with Gasteiger partial charge in [0.25, 0.3) is 0 Å². The second-order valence-corrected chi connectivity index (χ2v) is 4.90. The molecule has 0 aromatic rings. The zero-order valence-corrected chi connectivity index (χ0v) is 11.0. The van der Waals surface area contributed by atoms with E-state index in [1.165, 1.54) is 0 Å². The minimum Gasteiger partial charge on any atom is -0.480 e. The van der Waals surface area contributed by atoms with Gasteiger partial charge in [0.1, 0.15) is 6.04 Å². The summed E-state index contributed by atoms with van der Waals surface area (Å²) in [5, 5.41) is 11.5. The molecule has 6 heteroatoms. The number of carbonyl (C=O) groups excluding carboxylic acids is 2. The summed E-state index contributed by atoms with van der Waals surface area (Å²) in [5.41, 5.74) is 0. The Kier molecular flexibility index (Phi) is 4.69. The van der Waals surface area contributed by atoms with E-state index in [1.807, 2.05) is 6.92 Å². The Morgan fingerprint density at radius 2 is 2.11 bits per heavy atom. The van der Waals surface area contributed by atoms with E-state index in [0.717, 1.165) is 0 Å². The van der Waals surface area contributed by atoms with E-state index in [2.05, 4.69) is 5.32 Å². The second kappa shape index (κ2) is 5.84. The Labute approximate surface area is 106 Å². The summed E-state index contributed by atoms with van der Waals surface area (Å²) >= 11 is 0. The molecular formula is C12H20N2O4. The van der Waals surface area contributed by atoms with Gasteiger partial charge in [-0.3, -0.25) is 9.59 Å². The summed E-state index contributed by atoms with van der Waals surface area (Å²) in [5.74, 6) is -2.06. The van der Waals surface area contributed by atoms with Gasteiger partial charge in [-0.2, -0.15) is 0 Å². The van der Waals surface area contributed by atoms with Crippen LogP contribution in [0.5, 0.6) is 0 Å². The van der Waals surface area contributed by atoms with Gasteiger partial charge in [-0.1, -0.05) is 13.8 Å². The van der Waals surface area contributed by atoms with Crippen LogP contribution in [0.25, 0.3) is 0 Å². The lowest BCUT2D eigenvalue weighted by atomic mass is 10.0. The van der Waals surface area contributed by atoms with Crippen molar-refractivity contribution in [3.63, 3.8) is 0 Å². The van der Waals surface area contributed by atoms with Gasteiger partial charge in [0.05, 0.1) is 5.92 Å². The molecule has 0 aromatic carbocycles. The summed E-state index contributed by atoms with van der Waals surface area (Å²) in [6, 6.07) is -0.900. The zero-order valence-electron chi connectivity index (χ0n) is 11.0. The molecule has 0 aliphatic carbocycles. The molecule has 0 spiro atoms. The zero-order chi connectivity index (χ0) is 13.9. The average Bonchev–Trinajstić information content (AvgIpc) is 2.66. The van der Waals surface area contributed by atoms with Crippen LogP contribution in [0.4, 0.5) is 0 Å². The largest absolute Gasteiger partial charge is 0.480 e. The SMILES string of the molecule is CCN1CC(C(=O)N[C@H](C(=O)O)C(C)C)CC1=O. The lowest BCUT2D eigenvalue weighted by molar-refractivity contribution is -0.143. The molecule has 1 heterocycles. The highest BCUT2D eigenvalue weighted by molar-refractivity contribution is 5.91. The Bertz CT molecular complexity index is 354. The van der Waals surface area contributed by atoms with E-state index >= 15 is 0 Å². The summed E-state index contributed by atoms with van der Waals surface area (Å²) in [6.45, 7) is 6.28. The van der Waals surface area contributed by atoms with E-state index in [-0.39, 0.29) is 24.2 Å². The van der Waals surface area contributed by atoms with Crippen LogP contribution in [-0.4, -0.2) is 46.9 Å². The summed E-state index contributed by atoms with van der Waals surface area (Å²) in [7, 11) is 0. The van der Waals surface area contributed by atoms with Gasteiger partial charge < -0.3 is 15.3 Å². The molecule has 2 atom stereocenters. The quantitative estimate of drug-likeness (QED) is 0.729. The average molecular weight is 256 g/mol. The lowest BCUT2D eigenvalue weighted by Crippen LogP contribution is -2.47. The predicted molar refractivity (Wildman–Crippen MR) is 64.8 cm³/mol. The monoisotopic (exact) mass is 256 g/mol. The van der Waals surface area contributed by atoms with Gasteiger partial charge in [0.2, 0.25) is 11.8 Å². The van der Waals surface area contributed by atoms with Crippen molar-refractivity contribution < 1.29 is 19.5 Å². The molecule has 18 heavy (non-hydrogen) atoms. The Morgan fingerprint density at radius 1 is 1.50 bits per heavy atom. The van der Waals surface area contributed by atoms with Gasteiger partial charge in [0.15, 0.2) is 0 Å². The van der Waals surface area contributed by atoms with Gasteiger partial charge >= 0.3 is 5.97 Å². The smallest absolute Gasteiger partial charge is 0.326 e. The first kappa shape index (κ1) is 14.5. The number of carboxylic acid groups (broad SMARTS) is 1. The standard InChI is InChI=1S/C12H20N2O4/c1-4-14-6-8(5-9(14)15)11(16)13-10(7(2)3)12(17)18/h7-8,10H,4-6H2,1-3H3,(H,13,16)(H,17,18)/t8?,10-/m0/s1. The van der Waals surface area contributed by atoms with Crippen LogP contribution in [0.3, 0.4) is 0 Å². The van der Waals surface area contributed by atoms with Crippen molar-refractivity contribution in [1.82, 2.24) is 10.2 Å². The Morgan fingerprint density at radius 3 is 2.50 bits per heavy atom. The van der Waals surface area contributed by atoms with Gasteiger partial charge in [-0.15, -0.1) is 0 Å². The number of rotatable bonds is 5. The molecule has 1 fully saturated rings. The molecule has 1 aliphatic rings. The summed E-state index contributed by atoms with van der Waals surface area (Å²) in [4.78, 5) is 36.0. The summed E-state index contributed by atoms with van der Waals surface area (Å²) in [6.07, 6.45) is 0.171. The van der Waals surface area contributed by atoms with Crippen LogP contribution in [-0.2, 0) is 14.4 Å². The number of amides is 2. The number of hydrogen-bond acceptors (Lipinski definition) is 3. The van der Waals surface area contributed by atoms with Crippen LogP contribution in [0.2, 0.25) is 0 Å². The van der Waals surface area contributed by atoms with Crippen molar-refractivity contribution in [1.29, 1.82) is 0 Å². The topological polar surface area (TPSA) is 86.7 Å². The highest BCUT2D eigenvalue weighted by Crippen LogP contribution is 2.18. The van der Waals surface area contributed by atoms with Crippen LogP contribution in [0.15, 0.2) is 0 Å². The van der Waals surface area contributed by atoms with Crippen molar-refractivity contribution in [3.05, 3.63) is 0 Å². The fourth-order valence-corrected chi connectivity index (χ4v) is 2.04. The Hall–Kier alpha value is -1.59. The predicted octanol–water partition coefficient (Wildman–Crippen LogP) is 0.0802. The summed E-state index contributed by atoms with van der Waals surface area (Å²) < 4.78 is 0. The van der Waals surface area contributed by atoms with Crippen molar-refractivity contribution in [2.45, 2.75) is 33.2 Å². The molecule has 0 bridgehead atoms. The van der Waals surface area contributed by atoms with Crippen molar-refractivity contribution in [2.75, 3.05) is 13.1 Å². The fourth-order valence-electron chi connectivity index (χ4n) is 2.04. The van der Waals surface area contributed by atoms with Gasteiger partial charge in [0, 0.05) is 19.5 Å². The number of carboxylic acids is 1. The van der Waals surface area contributed by atoms with Crippen LogP contribution in [0, 0.1) is 11.8 Å². The van der Waals surface area contributed by atoms with Crippen molar-refractivity contribution in [3.8, 4) is 0 Å². The number of carbonyl (C=O) groups is 3. The fraction of sp³-hybridized carbons (Fsp3) is 0.750. The number of aliphatic carboxylic acids is 1. The number of hydrogen-bond donors (Lipinski definition) is 2. The van der Waals surface area contributed by atoms with Crippen LogP contribution >= 0.6 is 0 Å². The maximum absolute atomic E-state index is 11.9. The molecule has 102 valence electrons. The molecule has 6 nitrogen and oxygen atoms in total. The van der Waals surface area contributed by atoms with E-state index < -0.39 is 17.9 Å². The van der Waals surface area contributed by atoms with Crippen LogP contribution < -0.4 is 5.32 Å². The maximum Gasteiger partial charge on any atom is 0.326 e. The number of nitrogens with one attached hydrogen (secondary N) is 1. The normalized spacial score (nSPS) is 21.2. The first-order valence-corrected chi connectivity index (χ1v) is 6.17. The van der Waals surface area contributed by atoms with Gasteiger partial charge in [-0.05, 0) is 12.8 Å². The molecular weight excluding hydrogens is 236 g/mol. The van der Waals surface area contributed by atoms with Crippen molar-refractivity contribution >= 4 is 17.8 Å².